The van der Waals surface area contributed by atoms with Crippen molar-refractivity contribution in [3.05, 3.63) is 29.8 Å². The topological polar surface area (TPSA) is 90.3 Å². The Bertz CT molecular complexity index is 710. The molecular weight excluding hydrogens is 314 g/mol. The number of rotatable bonds is 5. The van der Waals surface area contributed by atoms with Crippen molar-refractivity contribution >= 4 is 15.9 Å². The Morgan fingerprint density at radius 2 is 2.22 bits per heavy atom. The van der Waals surface area contributed by atoms with E-state index < -0.39 is 10.0 Å². The minimum Gasteiger partial charge on any atom is -0.356 e. The van der Waals surface area contributed by atoms with Crippen molar-refractivity contribution in [1.29, 1.82) is 5.26 Å². The molecular formula is C16H21N3O3S. The van der Waals surface area contributed by atoms with Gasteiger partial charge in [-0.1, -0.05) is 12.5 Å². The molecule has 1 aromatic carbocycles. The van der Waals surface area contributed by atoms with Crippen LogP contribution in [0.2, 0.25) is 0 Å². The first-order valence-corrected chi connectivity index (χ1v) is 9.15. The predicted molar refractivity (Wildman–Crippen MR) is 86.0 cm³/mol. The molecule has 0 bridgehead atoms. The summed E-state index contributed by atoms with van der Waals surface area (Å²) in [7, 11) is -3.62. The fourth-order valence-electron chi connectivity index (χ4n) is 2.86. The van der Waals surface area contributed by atoms with Gasteiger partial charge in [-0.15, -0.1) is 0 Å². The van der Waals surface area contributed by atoms with E-state index >= 15 is 0 Å². The van der Waals surface area contributed by atoms with Crippen molar-refractivity contribution in [3.63, 3.8) is 0 Å². The highest BCUT2D eigenvalue weighted by molar-refractivity contribution is 7.89. The second-order valence-corrected chi connectivity index (χ2v) is 7.57. The standard InChI is InChI=1S/C16H21N3O3S/c1-13(20)18-9-8-15-6-2-3-10-19(15)23(21,22)16-7-4-5-14(11-16)12-17/h4-5,7,11,15H,2-3,6,8-10H2,1H3,(H,18,20)/t15-/m1/s1. The summed E-state index contributed by atoms with van der Waals surface area (Å²) in [5.74, 6) is -0.114. The van der Waals surface area contributed by atoms with Gasteiger partial charge in [0.05, 0.1) is 16.5 Å². The van der Waals surface area contributed by atoms with Gasteiger partial charge in [0.2, 0.25) is 15.9 Å². The third-order valence-corrected chi connectivity index (χ3v) is 5.94. The van der Waals surface area contributed by atoms with Gasteiger partial charge in [-0.05, 0) is 37.5 Å². The van der Waals surface area contributed by atoms with Crippen LogP contribution in [0.3, 0.4) is 0 Å². The van der Waals surface area contributed by atoms with Crippen LogP contribution in [0.1, 0.15) is 38.2 Å². The van der Waals surface area contributed by atoms with Crippen molar-refractivity contribution in [2.45, 2.75) is 43.5 Å². The zero-order chi connectivity index (χ0) is 16.9. The highest BCUT2D eigenvalue weighted by atomic mass is 32.2. The summed E-state index contributed by atoms with van der Waals surface area (Å²) >= 11 is 0. The lowest BCUT2D eigenvalue weighted by molar-refractivity contribution is -0.119. The second kappa shape index (κ2) is 7.57. The number of nitrogens with one attached hydrogen (secondary N) is 1. The number of carbonyl (C=O) groups excluding carboxylic acids is 1. The normalized spacial score (nSPS) is 19.0. The van der Waals surface area contributed by atoms with Crippen LogP contribution in [-0.4, -0.2) is 37.8 Å². The Kier molecular flexibility index (Phi) is 5.74. The van der Waals surface area contributed by atoms with E-state index in [2.05, 4.69) is 5.32 Å². The zero-order valence-electron chi connectivity index (χ0n) is 13.2. The molecule has 0 radical (unpaired) electrons. The molecule has 1 amide bonds. The summed E-state index contributed by atoms with van der Waals surface area (Å²) in [5.41, 5.74) is 0.331. The van der Waals surface area contributed by atoms with Crippen LogP contribution in [0.15, 0.2) is 29.2 Å². The molecule has 0 aromatic heterocycles. The van der Waals surface area contributed by atoms with Crippen molar-refractivity contribution in [2.75, 3.05) is 13.1 Å². The van der Waals surface area contributed by atoms with E-state index in [1.807, 2.05) is 6.07 Å². The van der Waals surface area contributed by atoms with E-state index in [0.29, 0.717) is 25.1 Å². The average molecular weight is 335 g/mol. The summed E-state index contributed by atoms with van der Waals surface area (Å²) in [6, 6.07) is 7.96. The van der Waals surface area contributed by atoms with Gasteiger partial charge >= 0.3 is 0 Å². The lowest BCUT2D eigenvalue weighted by Gasteiger charge is -2.34. The summed E-state index contributed by atoms with van der Waals surface area (Å²) in [6.45, 7) is 2.39. The Balaban J connectivity index is 2.20. The monoisotopic (exact) mass is 335 g/mol. The Morgan fingerprint density at radius 3 is 2.91 bits per heavy atom. The number of sulfonamides is 1. The van der Waals surface area contributed by atoms with Gasteiger partial charge in [0.15, 0.2) is 0 Å². The van der Waals surface area contributed by atoms with Crippen LogP contribution in [0.4, 0.5) is 0 Å². The first-order chi connectivity index (χ1) is 10.9. The molecule has 2 rings (SSSR count). The molecule has 1 heterocycles. The minimum atomic E-state index is -3.62. The van der Waals surface area contributed by atoms with Gasteiger partial charge in [-0.2, -0.15) is 9.57 Å². The van der Waals surface area contributed by atoms with Crippen molar-refractivity contribution in [1.82, 2.24) is 9.62 Å². The van der Waals surface area contributed by atoms with E-state index in [9.17, 15) is 13.2 Å². The average Bonchev–Trinajstić information content (AvgIpc) is 2.55. The van der Waals surface area contributed by atoms with Gasteiger partial charge in [0.1, 0.15) is 0 Å². The predicted octanol–water partition coefficient (Wildman–Crippen LogP) is 1.63. The zero-order valence-corrected chi connectivity index (χ0v) is 14.0. The third-order valence-electron chi connectivity index (χ3n) is 3.99. The number of nitriles is 1. The molecule has 23 heavy (non-hydrogen) atoms. The smallest absolute Gasteiger partial charge is 0.243 e. The first kappa shape index (κ1) is 17.4. The number of hydrogen-bond donors (Lipinski definition) is 1. The number of carbonyl (C=O) groups is 1. The molecule has 1 aliphatic heterocycles. The molecule has 1 N–H and O–H groups in total. The van der Waals surface area contributed by atoms with Crippen LogP contribution in [0, 0.1) is 11.3 Å². The quantitative estimate of drug-likeness (QED) is 0.885. The molecule has 124 valence electrons. The molecule has 0 spiro atoms. The highest BCUT2D eigenvalue weighted by Gasteiger charge is 2.33. The van der Waals surface area contributed by atoms with E-state index in [0.717, 1.165) is 19.3 Å². The summed E-state index contributed by atoms with van der Waals surface area (Å²) < 4.78 is 27.3. The number of amides is 1. The molecule has 1 aliphatic rings. The summed E-state index contributed by atoms with van der Waals surface area (Å²) in [4.78, 5) is 11.1. The summed E-state index contributed by atoms with van der Waals surface area (Å²) in [6.07, 6.45) is 3.19. The fourth-order valence-corrected chi connectivity index (χ4v) is 4.63. The second-order valence-electron chi connectivity index (χ2n) is 5.68. The van der Waals surface area contributed by atoms with E-state index in [1.165, 1.54) is 23.4 Å². The van der Waals surface area contributed by atoms with Crippen molar-refractivity contribution < 1.29 is 13.2 Å². The number of benzene rings is 1. The van der Waals surface area contributed by atoms with Crippen LogP contribution in [0.25, 0.3) is 0 Å². The maximum Gasteiger partial charge on any atom is 0.243 e. The maximum atomic E-state index is 12.9. The lowest BCUT2D eigenvalue weighted by atomic mass is 10.0. The fraction of sp³-hybridized carbons (Fsp3) is 0.500. The van der Waals surface area contributed by atoms with E-state index in [-0.39, 0.29) is 16.8 Å². The van der Waals surface area contributed by atoms with Gasteiger partial charge in [-0.25, -0.2) is 8.42 Å². The summed E-state index contributed by atoms with van der Waals surface area (Å²) in [5, 5.41) is 11.7. The lowest BCUT2D eigenvalue weighted by Crippen LogP contribution is -2.45. The van der Waals surface area contributed by atoms with Crippen LogP contribution >= 0.6 is 0 Å². The van der Waals surface area contributed by atoms with Crippen molar-refractivity contribution in [3.8, 4) is 6.07 Å². The Morgan fingerprint density at radius 1 is 1.43 bits per heavy atom. The molecule has 0 unspecified atom stereocenters. The number of hydrogen-bond acceptors (Lipinski definition) is 4. The molecule has 0 saturated carbocycles. The maximum absolute atomic E-state index is 12.9. The molecule has 1 aromatic rings. The molecule has 1 fully saturated rings. The number of piperidine rings is 1. The van der Waals surface area contributed by atoms with Gasteiger partial charge in [0.25, 0.3) is 0 Å². The minimum absolute atomic E-state index is 0.114. The molecule has 6 nitrogen and oxygen atoms in total. The van der Waals surface area contributed by atoms with E-state index in [1.54, 1.807) is 12.1 Å². The van der Waals surface area contributed by atoms with Gasteiger partial charge < -0.3 is 5.32 Å². The van der Waals surface area contributed by atoms with Crippen molar-refractivity contribution in [2.24, 2.45) is 0 Å². The largest absolute Gasteiger partial charge is 0.356 e. The first-order valence-electron chi connectivity index (χ1n) is 7.71. The Labute approximate surface area is 137 Å². The highest BCUT2D eigenvalue weighted by Crippen LogP contribution is 2.27. The van der Waals surface area contributed by atoms with E-state index in [4.69, 9.17) is 5.26 Å². The van der Waals surface area contributed by atoms with Gasteiger partial charge in [-0.3, -0.25) is 4.79 Å². The van der Waals surface area contributed by atoms with Crippen LogP contribution < -0.4 is 5.32 Å². The van der Waals surface area contributed by atoms with Crippen LogP contribution in [0.5, 0.6) is 0 Å². The Hall–Kier alpha value is -1.91. The molecule has 0 aliphatic carbocycles. The van der Waals surface area contributed by atoms with Crippen LogP contribution in [-0.2, 0) is 14.8 Å². The number of nitrogens with zero attached hydrogens (tertiary/aromatic N) is 2. The third kappa shape index (κ3) is 4.30. The molecule has 1 atom stereocenters. The molecule has 1 saturated heterocycles. The molecule has 7 heteroatoms. The SMILES string of the molecule is CC(=O)NCC[C@H]1CCCCN1S(=O)(=O)c1cccc(C#N)c1. The van der Waals surface area contributed by atoms with Gasteiger partial charge in [0, 0.05) is 26.1 Å².